The highest BCUT2D eigenvalue weighted by atomic mass is 19.4. The van der Waals surface area contributed by atoms with Crippen molar-refractivity contribution in [1.29, 1.82) is 0 Å². The maximum absolute atomic E-state index is 12.1. The summed E-state index contributed by atoms with van der Waals surface area (Å²) in [7, 11) is 0. The maximum Gasteiger partial charge on any atom is 0.455 e. The Kier molecular flexibility index (Phi) is 1.88. The van der Waals surface area contributed by atoms with Crippen LogP contribution in [-0.2, 0) is 9.53 Å². The normalized spacial score (nSPS) is 33.2. The molecule has 1 N–H and O–H groups in total. The molecule has 1 aliphatic heterocycles. The summed E-state index contributed by atoms with van der Waals surface area (Å²) < 4.78 is 40.3. The van der Waals surface area contributed by atoms with E-state index in [0.29, 0.717) is 0 Å². The lowest BCUT2D eigenvalue weighted by molar-refractivity contribution is -0.341. The molecule has 0 aromatic rings. The number of rotatable bonds is 0. The minimum atomic E-state index is -4.93. The zero-order chi connectivity index (χ0) is 10.5. The number of aliphatic hydroxyl groups is 1. The summed E-state index contributed by atoms with van der Waals surface area (Å²) in [5.74, 6) is -4.35. The molecule has 1 saturated heterocycles. The molecule has 0 aliphatic carbocycles. The van der Waals surface area contributed by atoms with Gasteiger partial charge in [-0.1, -0.05) is 0 Å². The fraction of sp³-hybridized carbons (Fsp3) is 0.857. The average molecular weight is 198 g/mol. The molecule has 0 aromatic heterocycles. The summed E-state index contributed by atoms with van der Waals surface area (Å²) in [6, 6.07) is 0. The molecule has 0 aromatic carbocycles. The molecule has 0 radical (unpaired) electrons. The van der Waals surface area contributed by atoms with Crippen molar-refractivity contribution in [2.75, 3.05) is 0 Å². The highest BCUT2D eigenvalue weighted by Crippen LogP contribution is 2.46. The van der Waals surface area contributed by atoms with E-state index in [1.165, 1.54) is 13.8 Å². The summed E-state index contributed by atoms with van der Waals surface area (Å²) in [6.45, 7) is 2.58. The Morgan fingerprint density at radius 1 is 1.46 bits per heavy atom. The van der Waals surface area contributed by atoms with Gasteiger partial charge in [-0.25, -0.2) is 0 Å². The molecule has 13 heavy (non-hydrogen) atoms. The van der Waals surface area contributed by atoms with E-state index in [2.05, 4.69) is 4.74 Å². The molecule has 1 rings (SSSR count). The van der Waals surface area contributed by atoms with Crippen molar-refractivity contribution in [1.82, 2.24) is 0 Å². The molecule has 6 heteroatoms. The number of hydrogen-bond acceptors (Lipinski definition) is 3. The minimum absolute atomic E-state index is 0.762. The molecule has 3 nitrogen and oxygen atoms in total. The van der Waals surface area contributed by atoms with Crippen molar-refractivity contribution in [3.8, 4) is 0 Å². The van der Waals surface area contributed by atoms with Crippen molar-refractivity contribution >= 4 is 5.97 Å². The van der Waals surface area contributed by atoms with Crippen molar-refractivity contribution in [2.45, 2.75) is 32.2 Å². The van der Waals surface area contributed by atoms with Crippen LogP contribution in [0, 0.1) is 5.41 Å². The van der Waals surface area contributed by atoms with Gasteiger partial charge in [0.1, 0.15) is 0 Å². The summed E-state index contributed by atoms with van der Waals surface area (Å²) >= 11 is 0. The Balaban J connectivity index is 2.96. The number of carbonyl (C=O) groups excluding carboxylic acids is 1. The Morgan fingerprint density at radius 3 is 2.08 bits per heavy atom. The first-order valence-electron chi connectivity index (χ1n) is 3.61. The fourth-order valence-electron chi connectivity index (χ4n) is 1.16. The van der Waals surface area contributed by atoms with Crippen LogP contribution in [0.4, 0.5) is 13.2 Å². The summed E-state index contributed by atoms with van der Waals surface area (Å²) in [6.07, 6.45) is -5.70. The summed E-state index contributed by atoms with van der Waals surface area (Å²) in [5, 5.41) is 8.97. The van der Waals surface area contributed by atoms with E-state index >= 15 is 0 Å². The molecule has 76 valence electrons. The van der Waals surface area contributed by atoms with Gasteiger partial charge < -0.3 is 9.84 Å². The number of ether oxygens (including phenoxy) is 1. The zero-order valence-electron chi connectivity index (χ0n) is 7.10. The quantitative estimate of drug-likeness (QED) is 0.595. The number of halogens is 3. The third-order valence-electron chi connectivity index (χ3n) is 1.94. The molecule has 0 saturated carbocycles. The van der Waals surface area contributed by atoms with Gasteiger partial charge in [-0.05, 0) is 13.8 Å². The van der Waals surface area contributed by atoms with E-state index < -0.39 is 29.8 Å². The minimum Gasteiger partial charge on any atom is -0.423 e. The third kappa shape index (κ3) is 1.50. The van der Waals surface area contributed by atoms with Gasteiger partial charge >= 0.3 is 17.9 Å². The van der Waals surface area contributed by atoms with Gasteiger partial charge in [-0.15, -0.1) is 0 Å². The van der Waals surface area contributed by atoms with Crippen LogP contribution >= 0.6 is 0 Å². The van der Waals surface area contributed by atoms with Gasteiger partial charge in [0.05, 0.1) is 5.41 Å². The van der Waals surface area contributed by atoms with E-state index in [0.717, 1.165) is 0 Å². The van der Waals surface area contributed by atoms with E-state index in [1.807, 2.05) is 0 Å². The lowest BCUT2D eigenvalue weighted by Crippen LogP contribution is -2.45. The molecule has 1 unspecified atom stereocenters. The Labute approximate surface area is 72.5 Å². The van der Waals surface area contributed by atoms with Gasteiger partial charge in [-0.3, -0.25) is 4.79 Å². The molecular weight excluding hydrogens is 189 g/mol. The standard InChI is InChI=1S/C7H9F3O3/c1-5(2)3-6(12,7(8,9)10)13-4(5)11/h12H,3H2,1-2H3. The molecule has 1 heterocycles. The SMILES string of the molecule is CC1(C)CC(O)(C(F)(F)F)OC1=O. The van der Waals surface area contributed by atoms with Crippen molar-refractivity contribution in [2.24, 2.45) is 5.41 Å². The van der Waals surface area contributed by atoms with E-state index in [9.17, 15) is 18.0 Å². The molecule has 0 spiro atoms. The molecule has 1 fully saturated rings. The van der Waals surface area contributed by atoms with E-state index in [4.69, 9.17) is 5.11 Å². The molecule has 0 amide bonds. The average Bonchev–Trinajstić information content (AvgIpc) is 2.01. The molecule has 1 aliphatic rings. The van der Waals surface area contributed by atoms with Crippen LogP contribution < -0.4 is 0 Å². The highest BCUT2D eigenvalue weighted by Gasteiger charge is 2.65. The maximum atomic E-state index is 12.1. The third-order valence-corrected chi connectivity index (χ3v) is 1.94. The topological polar surface area (TPSA) is 46.5 Å². The zero-order valence-corrected chi connectivity index (χ0v) is 7.10. The second-order valence-corrected chi connectivity index (χ2v) is 3.73. The van der Waals surface area contributed by atoms with Gasteiger partial charge in [0.2, 0.25) is 0 Å². The van der Waals surface area contributed by atoms with Crippen LogP contribution in [0.25, 0.3) is 0 Å². The highest BCUT2D eigenvalue weighted by molar-refractivity contribution is 5.78. The Bertz CT molecular complexity index is 246. The van der Waals surface area contributed by atoms with Gasteiger partial charge in [0.25, 0.3) is 0 Å². The van der Waals surface area contributed by atoms with Gasteiger partial charge in [-0.2, -0.15) is 13.2 Å². The number of esters is 1. The van der Waals surface area contributed by atoms with Crippen LogP contribution in [0.15, 0.2) is 0 Å². The smallest absolute Gasteiger partial charge is 0.423 e. The van der Waals surface area contributed by atoms with Crippen molar-refractivity contribution < 1.29 is 27.8 Å². The Hall–Kier alpha value is -0.780. The lowest BCUT2D eigenvalue weighted by atomic mass is 9.88. The fourth-order valence-corrected chi connectivity index (χ4v) is 1.16. The second kappa shape index (κ2) is 2.37. The summed E-state index contributed by atoms with van der Waals surface area (Å²) in [5.41, 5.74) is -1.29. The van der Waals surface area contributed by atoms with Crippen LogP contribution in [0.3, 0.4) is 0 Å². The number of cyclic esters (lactones) is 1. The molecular formula is C7H9F3O3. The molecule has 1 atom stereocenters. The largest absolute Gasteiger partial charge is 0.455 e. The monoisotopic (exact) mass is 198 g/mol. The van der Waals surface area contributed by atoms with Gasteiger partial charge in [0.15, 0.2) is 0 Å². The van der Waals surface area contributed by atoms with E-state index in [1.54, 1.807) is 0 Å². The van der Waals surface area contributed by atoms with Gasteiger partial charge in [0, 0.05) is 6.42 Å². The lowest BCUT2D eigenvalue weighted by Gasteiger charge is -2.23. The van der Waals surface area contributed by atoms with Crippen molar-refractivity contribution in [3.05, 3.63) is 0 Å². The van der Waals surface area contributed by atoms with Crippen LogP contribution in [0.5, 0.6) is 0 Å². The predicted molar refractivity (Wildman–Crippen MR) is 35.5 cm³/mol. The van der Waals surface area contributed by atoms with Crippen LogP contribution in [0.1, 0.15) is 20.3 Å². The predicted octanol–water partition coefficient (Wildman–Crippen LogP) is 1.21. The number of hydrogen-bond donors (Lipinski definition) is 1. The first kappa shape index (κ1) is 10.3. The first-order valence-corrected chi connectivity index (χ1v) is 3.61. The number of carbonyl (C=O) groups is 1. The van der Waals surface area contributed by atoms with Crippen LogP contribution in [0.2, 0.25) is 0 Å². The van der Waals surface area contributed by atoms with E-state index in [-0.39, 0.29) is 0 Å². The summed E-state index contributed by atoms with van der Waals surface area (Å²) in [4.78, 5) is 10.9. The Morgan fingerprint density at radius 2 is 1.92 bits per heavy atom. The first-order chi connectivity index (χ1) is 5.58. The van der Waals surface area contributed by atoms with Crippen LogP contribution in [-0.4, -0.2) is 23.0 Å². The molecule has 0 bridgehead atoms. The second-order valence-electron chi connectivity index (χ2n) is 3.73. The number of alkyl halides is 3. The van der Waals surface area contributed by atoms with Crippen molar-refractivity contribution in [3.63, 3.8) is 0 Å².